The predicted molar refractivity (Wildman–Crippen MR) is 136 cm³/mol. The van der Waals surface area contributed by atoms with Crippen LogP contribution in [0.5, 0.6) is 5.75 Å². The van der Waals surface area contributed by atoms with Crippen LogP contribution in [0.2, 0.25) is 5.02 Å². The van der Waals surface area contributed by atoms with E-state index >= 15 is 0 Å². The van der Waals surface area contributed by atoms with E-state index in [1.54, 1.807) is 17.0 Å². The lowest BCUT2D eigenvalue weighted by molar-refractivity contribution is -0.114. The van der Waals surface area contributed by atoms with Crippen molar-refractivity contribution in [3.8, 4) is 5.75 Å². The highest BCUT2D eigenvalue weighted by atomic mass is 35.5. The van der Waals surface area contributed by atoms with Crippen molar-refractivity contribution in [1.82, 2.24) is 14.9 Å². The number of nitrogens with zero attached hydrogens (tertiary/aromatic N) is 4. The van der Waals surface area contributed by atoms with E-state index < -0.39 is 5.82 Å². The molecule has 1 unspecified atom stereocenters. The summed E-state index contributed by atoms with van der Waals surface area (Å²) in [5.41, 5.74) is 1.92. The van der Waals surface area contributed by atoms with Crippen molar-refractivity contribution in [2.75, 3.05) is 36.5 Å². The van der Waals surface area contributed by atoms with Crippen LogP contribution in [0.25, 0.3) is 10.9 Å². The van der Waals surface area contributed by atoms with E-state index in [1.165, 1.54) is 37.7 Å². The number of benzene rings is 2. The maximum atomic E-state index is 13.6. The molecule has 182 valence electrons. The molecule has 0 saturated carbocycles. The number of anilines is 3. The Kier molecular flexibility index (Phi) is 6.83. The maximum Gasteiger partial charge on any atom is 0.250 e. The molecule has 3 heterocycles. The van der Waals surface area contributed by atoms with Crippen LogP contribution in [0, 0.1) is 5.82 Å². The first-order valence-corrected chi connectivity index (χ1v) is 12.2. The number of ether oxygens (including phenoxy) is 1. The van der Waals surface area contributed by atoms with Crippen molar-refractivity contribution in [3.63, 3.8) is 0 Å². The Morgan fingerprint density at radius 2 is 2.14 bits per heavy atom. The van der Waals surface area contributed by atoms with Gasteiger partial charge in [0.1, 0.15) is 30.3 Å². The number of halogens is 2. The molecule has 0 spiro atoms. The summed E-state index contributed by atoms with van der Waals surface area (Å²) in [6, 6.07) is 8.59. The first-order chi connectivity index (χ1) is 17.0. The van der Waals surface area contributed by atoms with Gasteiger partial charge in [-0.15, -0.1) is 0 Å². The van der Waals surface area contributed by atoms with E-state index in [1.807, 2.05) is 18.2 Å². The van der Waals surface area contributed by atoms with Crippen molar-refractivity contribution >= 4 is 45.6 Å². The molecule has 2 aromatic carbocycles. The number of hydrogen-bond acceptors (Lipinski definition) is 6. The number of aromatic nitrogens is 2. The second kappa shape index (κ2) is 10.2. The van der Waals surface area contributed by atoms with Gasteiger partial charge < -0.3 is 15.0 Å². The Hall–Kier alpha value is -3.23. The zero-order chi connectivity index (χ0) is 24.4. The van der Waals surface area contributed by atoms with Gasteiger partial charge in [0.2, 0.25) is 0 Å². The minimum Gasteiger partial charge on any atom is -0.489 e. The molecule has 5 rings (SSSR count). The zero-order valence-electron chi connectivity index (χ0n) is 19.5. The van der Waals surface area contributed by atoms with Gasteiger partial charge in [-0.3, -0.25) is 9.69 Å². The van der Waals surface area contributed by atoms with Gasteiger partial charge in [-0.25, -0.2) is 14.4 Å². The standard InChI is InChI=1S/C26H27ClFN5O2/c1-17-5-2-3-9-32(17)10-4-6-25(34)33-11-12-35-24-15-22-19(14-23(24)33)26(30-16-29-22)31-18-7-8-21(28)20(27)13-18/h4,6-8,13-17H,2-3,5,9-12H2,1H3,(H,29,30,31). The molecule has 9 heteroatoms. The third kappa shape index (κ3) is 5.09. The fraction of sp³-hybridized carbons (Fsp3) is 0.346. The van der Waals surface area contributed by atoms with Crippen LogP contribution < -0.4 is 15.0 Å². The summed E-state index contributed by atoms with van der Waals surface area (Å²) in [6.45, 7) is 4.94. The molecule has 1 atom stereocenters. The molecule has 1 N–H and O–H groups in total. The molecule has 0 radical (unpaired) electrons. The fourth-order valence-electron chi connectivity index (χ4n) is 4.61. The van der Waals surface area contributed by atoms with Crippen LogP contribution in [0.15, 0.2) is 48.8 Å². The lowest BCUT2D eigenvalue weighted by atomic mass is 10.0. The first kappa shape index (κ1) is 23.5. The summed E-state index contributed by atoms with van der Waals surface area (Å²) in [5, 5.41) is 3.90. The SMILES string of the molecule is CC1CCCCN1CC=CC(=O)N1CCOc2cc3ncnc(Nc4ccc(F)c(Cl)c4)c3cc21. The highest BCUT2D eigenvalue weighted by Crippen LogP contribution is 2.37. The summed E-state index contributed by atoms with van der Waals surface area (Å²) in [4.78, 5) is 26.0. The average Bonchev–Trinajstić information content (AvgIpc) is 2.86. The summed E-state index contributed by atoms with van der Waals surface area (Å²) in [6.07, 6.45) is 8.73. The van der Waals surface area contributed by atoms with E-state index in [9.17, 15) is 9.18 Å². The van der Waals surface area contributed by atoms with Crippen LogP contribution in [0.1, 0.15) is 26.2 Å². The van der Waals surface area contributed by atoms with Crippen molar-refractivity contribution in [2.24, 2.45) is 0 Å². The molecular weight excluding hydrogens is 469 g/mol. The molecule has 7 nitrogen and oxygen atoms in total. The van der Waals surface area contributed by atoms with Crippen LogP contribution in [-0.4, -0.2) is 53.1 Å². The van der Waals surface area contributed by atoms with E-state index in [4.69, 9.17) is 16.3 Å². The monoisotopic (exact) mass is 495 g/mol. The van der Waals surface area contributed by atoms with Gasteiger partial charge in [0.25, 0.3) is 5.91 Å². The van der Waals surface area contributed by atoms with Gasteiger partial charge in [0, 0.05) is 35.8 Å². The van der Waals surface area contributed by atoms with Crippen molar-refractivity contribution < 1.29 is 13.9 Å². The van der Waals surface area contributed by atoms with E-state index in [0.717, 1.165) is 13.1 Å². The molecule has 0 aliphatic carbocycles. The lowest BCUT2D eigenvalue weighted by Crippen LogP contribution is -2.38. The summed E-state index contributed by atoms with van der Waals surface area (Å²) >= 11 is 5.93. The smallest absolute Gasteiger partial charge is 0.250 e. The predicted octanol–water partition coefficient (Wildman–Crippen LogP) is 5.32. The largest absolute Gasteiger partial charge is 0.489 e. The summed E-state index contributed by atoms with van der Waals surface area (Å²) < 4.78 is 19.4. The zero-order valence-corrected chi connectivity index (χ0v) is 20.3. The van der Waals surface area contributed by atoms with E-state index in [-0.39, 0.29) is 10.9 Å². The Morgan fingerprint density at radius 3 is 2.97 bits per heavy atom. The molecule has 2 aliphatic heterocycles. The average molecular weight is 496 g/mol. The molecule has 35 heavy (non-hydrogen) atoms. The van der Waals surface area contributed by atoms with Crippen LogP contribution in [0.3, 0.4) is 0 Å². The summed E-state index contributed by atoms with van der Waals surface area (Å²) in [5.74, 6) is 0.542. The van der Waals surface area contributed by atoms with Gasteiger partial charge in [-0.2, -0.15) is 0 Å². The second-order valence-electron chi connectivity index (χ2n) is 8.89. The van der Waals surface area contributed by atoms with Crippen molar-refractivity contribution in [3.05, 3.63) is 59.7 Å². The molecule has 3 aromatic rings. The highest BCUT2D eigenvalue weighted by molar-refractivity contribution is 6.31. The van der Waals surface area contributed by atoms with Gasteiger partial charge >= 0.3 is 0 Å². The molecule has 1 amide bonds. The lowest BCUT2D eigenvalue weighted by Gasteiger charge is -2.32. The quantitative estimate of drug-likeness (QED) is 0.483. The van der Waals surface area contributed by atoms with Gasteiger partial charge in [-0.1, -0.05) is 24.1 Å². The fourth-order valence-corrected chi connectivity index (χ4v) is 4.79. The van der Waals surface area contributed by atoms with E-state index in [0.29, 0.717) is 53.0 Å². The summed E-state index contributed by atoms with van der Waals surface area (Å²) in [7, 11) is 0. The number of carbonyl (C=O) groups is 1. The van der Waals surface area contributed by atoms with Crippen LogP contribution in [0.4, 0.5) is 21.6 Å². The van der Waals surface area contributed by atoms with Gasteiger partial charge in [0.15, 0.2) is 0 Å². The molecule has 1 fully saturated rings. The third-order valence-corrected chi connectivity index (χ3v) is 6.86. The Labute approximate surface area is 208 Å². The highest BCUT2D eigenvalue weighted by Gasteiger charge is 2.24. The van der Waals surface area contributed by atoms with E-state index in [2.05, 4.69) is 27.1 Å². The minimum atomic E-state index is -0.493. The molecular formula is C26H27ClFN5O2. The van der Waals surface area contributed by atoms with Crippen molar-refractivity contribution in [1.29, 1.82) is 0 Å². The number of likely N-dealkylation sites (tertiary alicyclic amines) is 1. The number of amides is 1. The number of rotatable bonds is 5. The second-order valence-corrected chi connectivity index (χ2v) is 9.30. The molecule has 2 aliphatic rings. The Balaban J connectivity index is 1.40. The topological polar surface area (TPSA) is 70.6 Å². The Morgan fingerprint density at radius 1 is 1.26 bits per heavy atom. The van der Waals surface area contributed by atoms with Gasteiger partial charge in [0.05, 0.1) is 22.8 Å². The number of piperidine rings is 1. The first-order valence-electron chi connectivity index (χ1n) is 11.9. The van der Waals surface area contributed by atoms with Crippen molar-refractivity contribution in [2.45, 2.75) is 32.2 Å². The van der Waals surface area contributed by atoms with Crippen LogP contribution >= 0.6 is 11.6 Å². The number of fused-ring (bicyclic) bond motifs is 2. The minimum absolute atomic E-state index is 0.0154. The Bertz CT molecular complexity index is 1280. The normalized spacial score (nSPS) is 18.5. The molecule has 1 aromatic heterocycles. The molecule has 0 bridgehead atoms. The third-order valence-electron chi connectivity index (χ3n) is 6.57. The maximum absolute atomic E-state index is 13.6. The van der Waals surface area contributed by atoms with Crippen LogP contribution in [-0.2, 0) is 4.79 Å². The number of hydrogen-bond donors (Lipinski definition) is 1. The number of nitrogens with one attached hydrogen (secondary N) is 1. The molecule has 1 saturated heterocycles. The van der Waals surface area contributed by atoms with Gasteiger partial charge in [-0.05, 0) is 50.6 Å². The number of carbonyl (C=O) groups excluding carboxylic acids is 1.